The van der Waals surface area contributed by atoms with Crippen LogP contribution >= 0.6 is 27.3 Å². The lowest BCUT2D eigenvalue weighted by Gasteiger charge is -2.22. The monoisotopic (exact) mass is 397 g/mol. The first kappa shape index (κ1) is 16.6. The van der Waals surface area contributed by atoms with Crippen LogP contribution in [-0.2, 0) is 0 Å². The molecule has 23 heavy (non-hydrogen) atoms. The highest BCUT2D eigenvalue weighted by atomic mass is 79.9. The molecule has 0 bridgehead atoms. The number of rotatable bonds is 7. The first-order chi connectivity index (χ1) is 11.2. The first-order valence-electron chi connectivity index (χ1n) is 7.66. The van der Waals surface area contributed by atoms with Crippen molar-refractivity contribution in [3.05, 3.63) is 39.0 Å². The molecule has 1 aliphatic rings. The maximum Gasteiger partial charge on any atom is 0.231 e. The molecule has 0 fully saturated rings. The lowest BCUT2D eigenvalue weighted by molar-refractivity contribution is 0.153. The zero-order valence-corrected chi connectivity index (χ0v) is 15.7. The summed E-state index contributed by atoms with van der Waals surface area (Å²) in [5.41, 5.74) is 0. The van der Waals surface area contributed by atoms with Crippen LogP contribution < -0.4 is 14.2 Å². The molecular formula is C17H20BrNO3S. The number of benzene rings is 1. The van der Waals surface area contributed by atoms with E-state index in [0.29, 0.717) is 5.75 Å². The molecule has 124 valence electrons. The maximum absolute atomic E-state index is 6.31. The standard InChI is InChI=1S/C17H20BrNO3S/c1-3-19(2)10-9-12(15-7-8-16(18)23-15)22-14-6-4-5-13-17(14)21-11-20-13/h4-8,12H,3,9-11H2,1-2H3. The Kier molecular flexibility index (Phi) is 5.46. The molecule has 0 amide bonds. The van der Waals surface area contributed by atoms with Gasteiger partial charge >= 0.3 is 0 Å². The Bertz CT molecular complexity index is 661. The van der Waals surface area contributed by atoms with E-state index in [1.54, 1.807) is 11.3 Å². The molecule has 1 aliphatic heterocycles. The molecule has 0 aliphatic carbocycles. The number of thiophene rings is 1. The first-order valence-corrected chi connectivity index (χ1v) is 9.27. The molecule has 2 aromatic rings. The predicted molar refractivity (Wildman–Crippen MR) is 95.7 cm³/mol. The molecule has 0 spiro atoms. The van der Waals surface area contributed by atoms with Crippen LogP contribution in [0.2, 0.25) is 0 Å². The fraction of sp³-hybridized carbons (Fsp3) is 0.412. The summed E-state index contributed by atoms with van der Waals surface area (Å²) in [4.78, 5) is 3.49. The third kappa shape index (κ3) is 4.00. The number of fused-ring (bicyclic) bond motifs is 1. The minimum absolute atomic E-state index is 0.00370. The molecule has 0 saturated heterocycles. The molecular weight excluding hydrogens is 378 g/mol. The Morgan fingerprint density at radius 3 is 2.91 bits per heavy atom. The topological polar surface area (TPSA) is 30.9 Å². The van der Waals surface area contributed by atoms with Crippen LogP contribution in [0, 0.1) is 0 Å². The summed E-state index contributed by atoms with van der Waals surface area (Å²) in [5, 5.41) is 0. The van der Waals surface area contributed by atoms with Crippen LogP contribution in [0.25, 0.3) is 0 Å². The van der Waals surface area contributed by atoms with Crippen molar-refractivity contribution in [2.24, 2.45) is 0 Å². The third-order valence-corrected chi connectivity index (χ3v) is 5.57. The van der Waals surface area contributed by atoms with Crippen molar-refractivity contribution in [1.82, 2.24) is 4.90 Å². The summed E-state index contributed by atoms with van der Waals surface area (Å²) in [7, 11) is 2.12. The average molecular weight is 398 g/mol. The minimum Gasteiger partial charge on any atom is -0.481 e. The summed E-state index contributed by atoms with van der Waals surface area (Å²) in [6.07, 6.45) is 0.915. The van der Waals surface area contributed by atoms with Crippen molar-refractivity contribution < 1.29 is 14.2 Å². The van der Waals surface area contributed by atoms with Crippen molar-refractivity contribution >= 4 is 27.3 Å². The molecule has 3 rings (SSSR count). The number of hydrogen-bond donors (Lipinski definition) is 0. The zero-order chi connectivity index (χ0) is 16.2. The SMILES string of the molecule is CCN(C)CCC(Oc1cccc2c1OCO2)c1ccc(Br)s1. The normalized spacial score (nSPS) is 14.3. The van der Waals surface area contributed by atoms with Gasteiger partial charge in [0.05, 0.1) is 3.79 Å². The summed E-state index contributed by atoms with van der Waals surface area (Å²) in [5.74, 6) is 2.20. The number of halogens is 1. The second-order valence-corrected chi connectivity index (χ2v) is 7.92. The third-order valence-electron chi connectivity index (χ3n) is 3.85. The van der Waals surface area contributed by atoms with E-state index in [-0.39, 0.29) is 12.9 Å². The fourth-order valence-corrected chi connectivity index (χ4v) is 3.89. The predicted octanol–water partition coefficient (Wildman–Crippen LogP) is 4.70. The molecule has 0 saturated carbocycles. The Morgan fingerprint density at radius 2 is 2.17 bits per heavy atom. The lowest BCUT2D eigenvalue weighted by Crippen LogP contribution is -2.22. The van der Waals surface area contributed by atoms with Crippen molar-refractivity contribution in [3.63, 3.8) is 0 Å². The van der Waals surface area contributed by atoms with Crippen LogP contribution in [0.3, 0.4) is 0 Å². The number of nitrogens with zero attached hydrogens (tertiary/aromatic N) is 1. The zero-order valence-electron chi connectivity index (χ0n) is 13.3. The Hall–Kier alpha value is -1.24. The molecule has 0 radical (unpaired) electrons. The second kappa shape index (κ2) is 7.55. The van der Waals surface area contributed by atoms with E-state index in [0.717, 1.165) is 34.8 Å². The molecule has 1 aromatic heterocycles. The average Bonchev–Trinajstić information content (AvgIpc) is 3.20. The van der Waals surface area contributed by atoms with Gasteiger partial charge in [-0.15, -0.1) is 11.3 Å². The summed E-state index contributed by atoms with van der Waals surface area (Å²) < 4.78 is 18.4. The highest BCUT2D eigenvalue weighted by Crippen LogP contribution is 2.43. The van der Waals surface area contributed by atoms with Gasteiger partial charge in [-0.2, -0.15) is 0 Å². The largest absolute Gasteiger partial charge is 0.481 e. The van der Waals surface area contributed by atoms with E-state index in [1.807, 2.05) is 18.2 Å². The maximum atomic E-state index is 6.31. The smallest absolute Gasteiger partial charge is 0.231 e. The van der Waals surface area contributed by atoms with Gasteiger partial charge in [-0.1, -0.05) is 13.0 Å². The van der Waals surface area contributed by atoms with Crippen LogP contribution in [-0.4, -0.2) is 31.8 Å². The summed E-state index contributed by atoms with van der Waals surface area (Å²) >= 11 is 5.25. The van der Waals surface area contributed by atoms with Gasteiger partial charge in [0, 0.05) is 17.8 Å². The Labute approximate surface area is 149 Å². The summed E-state index contributed by atoms with van der Waals surface area (Å²) in [6, 6.07) is 9.95. The lowest BCUT2D eigenvalue weighted by atomic mass is 10.2. The minimum atomic E-state index is -0.00370. The van der Waals surface area contributed by atoms with Gasteiger partial charge in [0.2, 0.25) is 12.5 Å². The number of hydrogen-bond acceptors (Lipinski definition) is 5. The van der Waals surface area contributed by atoms with Crippen molar-refractivity contribution in [2.75, 3.05) is 26.9 Å². The number of ether oxygens (including phenoxy) is 3. The number of para-hydroxylation sites is 1. The fourth-order valence-electron chi connectivity index (χ4n) is 2.41. The van der Waals surface area contributed by atoms with Crippen molar-refractivity contribution in [2.45, 2.75) is 19.4 Å². The van der Waals surface area contributed by atoms with E-state index in [1.165, 1.54) is 4.88 Å². The van der Waals surface area contributed by atoms with Gasteiger partial charge in [0.1, 0.15) is 6.10 Å². The molecule has 6 heteroatoms. The van der Waals surface area contributed by atoms with Crippen LogP contribution in [0.1, 0.15) is 24.3 Å². The van der Waals surface area contributed by atoms with Crippen molar-refractivity contribution in [1.29, 1.82) is 0 Å². The van der Waals surface area contributed by atoms with Gasteiger partial charge in [-0.05, 0) is 53.8 Å². The molecule has 1 atom stereocenters. The van der Waals surface area contributed by atoms with Gasteiger partial charge < -0.3 is 19.1 Å². The van der Waals surface area contributed by atoms with Gasteiger partial charge in [0.25, 0.3) is 0 Å². The van der Waals surface area contributed by atoms with Gasteiger partial charge in [0.15, 0.2) is 11.5 Å². The van der Waals surface area contributed by atoms with Crippen molar-refractivity contribution in [3.8, 4) is 17.2 Å². The Morgan fingerprint density at radius 1 is 1.30 bits per heavy atom. The summed E-state index contributed by atoms with van der Waals surface area (Å²) in [6.45, 7) is 4.41. The second-order valence-electron chi connectivity index (χ2n) is 5.42. The highest BCUT2D eigenvalue weighted by molar-refractivity contribution is 9.11. The molecule has 4 nitrogen and oxygen atoms in total. The molecule has 1 aromatic carbocycles. The Balaban J connectivity index is 1.80. The van der Waals surface area contributed by atoms with Gasteiger partial charge in [-0.3, -0.25) is 0 Å². The molecule has 0 N–H and O–H groups in total. The van der Waals surface area contributed by atoms with E-state index in [4.69, 9.17) is 14.2 Å². The van der Waals surface area contributed by atoms with Gasteiger partial charge in [-0.25, -0.2) is 0 Å². The molecule has 2 heterocycles. The van der Waals surface area contributed by atoms with Crippen LogP contribution in [0.4, 0.5) is 0 Å². The van der Waals surface area contributed by atoms with E-state index in [2.05, 4.69) is 46.9 Å². The van der Waals surface area contributed by atoms with Crippen LogP contribution in [0.5, 0.6) is 17.2 Å². The van der Waals surface area contributed by atoms with E-state index < -0.39 is 0 Å². The molecule has 1 unspecified atom stereocenters. The van der Waals surface area contributed by atoms with Crippen LogP contribution in [0.15, 0.2) is 34.1 Å². The van der Waals surface area contributed by atoms with E-state index in [9.17, 15) is 0 Å². The highest BCUT2D eigenvalue weighted by Gasteiger charge is 2.23. The van der Waals surface area contributed by atoms with E-state index >= 15 is 0 Å². The quantitative estimate of drug-likeness (QED) is 0.677.